The molecule has 4 nitrogen and oxygen atoms in total. The van der Waals surface area contributed by atoms with E-state index in [-0.39, 0.29) is 0 Å². The molecule has 2 unspecified atom stereocenters. The molecule has 22 heavy (non-hydrogen) atoms. The van der Waals surface area contributed by atoms with Gasteiger partial charge in [0.05, 0.1) is 6.54 Å². The molecule has 0 bridgehead atoms. The molecule has 0 amide bonds. The minimum atomic E-state index is 0.517. The van der Waals surface area contributed by atoms with Gasteiger partial charge in [-0.05, 0) is 49.6 Å². The first kappa shape index (κ1) is 15.8. The van der Waals surface area contributed by atoms with Gasteiger partial charge in [0.2, 0.25) is 0 Å². The van der Waals surface area contributed by atoms with Crippen molar-refractivity contribution in [3.8, 4) is 0 Å². The van der Waals surface area contributed by atoms with Crippen LogP contribution in [0.5, 0.6) is 0 Å². The molecule has 0 radical (unpaired) electrons. The molecule has 1 saturated carbocycles. The fourth-order valence-electron chi connectivity index (χ4n) is 3.14. The van der Waals surface area contributed by atoms with Crippen LogP contribution in [0, 0.1) is 12.8 Å². The molecule has 2 fully saturated rings. The molecule has 0 aromatic carbocycles. The smallest absolute Gasteiger partial charge is 0.191 e. The fourth-order valence-corrected chi connectivity index (χ4v) is 3.97. The maximum Gasteiger partial charge on any atom is 0.191 e. The first-order valence-corrected chi connectivity index (χ1v) is 9.37. The Morgan fingerprint density at radius 2 is 2.23 bits per heavy atom. The summed E-state index contributed by atoms with van der Waals surface area (Å²) in [4.78, 5) is 8.79. The molecule has 2 aliphatic rings. The molecule has 1 aromatic rings. The summed E-state index contributed by atoms with van der Waals surface area (Å²) in [7, 11) is 0. The Labute approximate surface area is 138 Å². The number of nitrogens with one attached hydrogen (secondary N) is 2. The second kappa shape index (κ2) is 7.01. The molecule has 1 saturated heterocycles. The summed E-state index contributed by atoms with van der Waals surface area (Å²) in [5.41, 5.74) is 1.35. The topological polar surface area (TPSA) is 39.7 Å². The van der Waals surface area contributed by atoms with Gasteiger partial charge in [-0.15, -0.1) is 11.3 Å². The van der Waals surface area contributed by atoms with Crippen molar-refractivity contribution in [2.75, 3.05) is 19.6 Å². The lowest BCUT2D eigenvalue weighted by molar-refractivity contribution is 0.315. The van der Waals surface area contributed by atoms with Crippen molar-refractivity contribution in [1.82, 2.24) is 15.5 Å². The predicted octanol–water partition coefficient (Wildman–Crippen LogP) is 2.59. The maximum atomic E-state index is 4.79. The van der Waals surface area contributed by atoms with E-state index in [1.165, 1.54) is 29.8 Å². The summed E-state index contributed by atoms with van der Waals surface area (Å²) in [6.45, 7) is 10.7. The lowest BCUT2D eigenvalue weighted by Crippen LogP contribution is -2.46. The maximum absolute atomic E-state index is 4.79. The molecule has 2 N–H and O–H groups in total. The van der Waals surface area contributed by atoms with Crippen LogP contribution in [0.3, 0.4) is 0 Å². The number of aryl methyl sites for hydroxylation is 1. The molecule has 2 atom stereocenters. The first-order chi connectivity index (χ1) is 10.7. The molecule has 1 aliphatic carbocycles. The molecule has 2 heterocycles. The predicted molar refractivity (Wildman–Crippen MR) is 94.6 cm³/mol. The van der Waals surface area contributed by atoms with Crippen LogP contribution in [0.25, 0.3) is 0 Å². The van der Waals surface area contributed by atoms with Crippen molar-refractivity contribution < 1.29 is 0 Å². The highest BCUT2D eigenvalue weighted by Gasteiger charge is 2.38. The monoisotopic (exact) mass is 320 g/mol. The van der Waals surface area contributed by atoms with Crippen molar-refractivity contribution in [1.29, 1.82) is 0 Å². The number of nitrogens with zero attached hydrogens (tertiary/aromatic N) is 2. The first-order valence-electron chi connectivity index (χ1n) is 8.49. The zero-order valence-electron chi connectivity index (χ0n) is 13.9. The lowest BCUT2D eigenvalue weighted by atomic mass is 10.1. The van der Waals surface area contributed by atoms with E-state index in [4.69, 9.17) is 4.99 Å². The Hall–Kier alpha value is -1.07. The van der Waals surface area contributed by atoms with E-state index in [9.17, 15) is 0 Å². The van der Waals surface area contributed by atoms with E-state index in [1.54, 1.807) is 11.3 Å². The number of guanidine groups is 1. The number of thiophene rings is 1. The van der Waals surface area contributed by atoms with Gasteiger partial charge in [-0.3, -0.25) is 4.90 Å². The minimum Gasteiger partial charge on any atom is -0.357 e. The van der Waals surface area contributed by atoms with Gasteiger partial charge < -0.3 is 10.6 Å². The van der Waals surface area contributed by atoms with Crippen LogP contribution in [-0.2, 0) is 6.54 Å². The van der Waals surface area contributed by atoms with Gasteiger partial charge in [0.25, 0.3) is 0 Å². The summed E-state index contributed by atoms with van der Waals surface area (Å²) in [6.07, 6.45) is 2.79. The van der Waals surface area contributed by atoms with Crippen LogP contribution in [0.4, 0.5) is 0 Å². The summed E-state index contributed by atoms with van der Waals surface area (Å²) in [6, 6.07) is 3.55. The average molecular weight is 321 g/mol. The zero-order chi connectivity index (χ0) is 15.5. The van der Waals surface area contributed by atoms with Crippen molar-refractivity contribution in [2.45, 2.75) is 52.2 Å². The van der Waals surface area contributed by atoms with Gasteiger partial charge in [0.15, 0.2) is 5.96 Å². The molecular weight excluding hydrogens is 292 g/mol. The van der Waals surface area contributed by atoms with Crippen LogP contribution < -0.4 is 10.6 Å². The Kier molecular flexibility index (Phi) is 5.03. The average Bonchev–Trinajstić information content (AvgIpc) is 3.17. The van der Waals surface area contributed by atoms with Crippen LogP contribution in [-0.4, -0.2) is 42.6 Å². The number of aliphatic imine (C=N–C) groups is 1. The van der Waals surface area contributed by atoms with Crippen LogP contribution in [0.2, 0.25) is 0 Å². The van der Waals surface area contributed by atoms with Crippen LogP contribution in [0.1, 0.15) is 37.1 Å². The molecule has 3 rings (SSSR count). The summed E-state index contributed by atoms with van der Waals surface area (Å²) in [5, 5.41) is 9.21. The SMILES string of the molecule is CCNC(=NCc1sccc1C)NC1CN(C2CC2)CC1C. The third-order valence-corrected chi connectivity index (χ3v) is 5.73. The largest absolute Gasteiger partial charge is 0.357 e. The van der Waals surface area contributed by atoms with Gasteiger partial charge >= 0.3 is 0 Å². The second-order valence-electron chi connectivity index (χ2n) is 6.64. The molecular formula is C17H28N4S. The molecule has 1 aromatic heterocycles. The van der Waals surface area contributed by atoms with Gasteiger partial charge in [-0.1, -0.05) is 6.92 Å². The summed E-state index contributed by atoms with van der Waals surface area (Å²) < 4.78 is 0. The Balaban J connectivity index is 1.59. The van der Waals surface area contributed by atoms with Crippen molar-refractivity contribution in [2.24, 2.45) is 10.9 Å². The molecule has 0 spiro atoms. The van der Waals surface area contributed by atoms with E-state index in [0.717, 1.165) is 31.6 Å². The number of hydrogen-bond donors (Lipinski definition) is 2. The Bertz CT molecular complexity index is 520. The van der Waals surface area contributed by atoms with Crippen LogP contribution in [0.15, 0.2) is 16.4 Å². The number of rotatable bonds is 5. The fraction of sp³-hybridized carbons (Fsp3) is 0.706. The van der Waals surface area contributed by atoms with E-state index in [1.807, 2.05) is 0 Å². The van der Waals surface area contributed by atoms with Gasteiger partial charge in [-0.25, -0.2) is 4.99 Å². The van der Waals surface area contributed by atoms with E-state index < -0.39 is 0 Å². The normalized spacial score (nSPS) is 26.4. The minimum absolute atomic E-state index is 0.517. The van der Waals surface area contributed by atoms with Gasteiger partial charge in [0.1, 0.15) is 0 Å². The number of hydrogen-bond acceptors (Lipinski definition) is 3. The quantitative estimate of drug-likeness (QED) is 0.647. The van der Waals surface area contributed by atoms with Crippen molar-refractivity contribution in [3.05, 3.63) is 21.9 Å². The Morgan fingerprint density at radius 3 is 2.86 bits per heavy atom. The summed E-state index contributed by atoms with van der Waals surface area (Å²) >= 11 is 1.79. The van der Waals surface area contributed by atoms with Crippen LogP contribution >= 0.6 is 11.3 Å². The highest BCUT2D eigenvalue weighted by Crippen LogP contribution is 2.31. The van der Waals surface area contributed by atoms with Gasteiger partial charge in [0, 0.05) is 36.6 Å². The molecule has 122 valence electrons. The van der Waals surface area contributed by atoms with E-state index in [2.05, 4.69) is 47.8 Å². The van der Waals surface area contributed by atoms with E-state index in [0.29, 0.717) is 12.0 Å². The van der Waals surface area contributed by atoms with Crippen molar-refractivity contribution >= 4 is 17.3 Å². The number of likely N-dealkylation sites (tertiary alicyclic amines) is 1. The Morgan fingerprint density at radius 1 is 1.41 bits per heavy atom. The summed E-state index contributed by atoms with van der Waals surface area (Å²) in [5.74, 6) is 1.65. The highest BCUT2D eigenvalue weighted by atomic mass is 32.1. The molecule has 5 heteroatoms. The second-order valence-corrected chi connectivity index (χ2v) is 7.64. The third-order valence-electron chi connectivity index (χ3n) is 4.72. The van der Waals surface area contributed by atoms with Crippen molar-refractivity contribution in [3.63, 3.8) is 0 Å². The zero-order valence-corrected chi connectivity index (χ0v) is 14.7. The lowest BCUT2D eigenvalue weighted by Gasteiger charge is -2.20. The standard InChI is InChI=1S/C17H28N4S/c1-4-18-17(19-9-16-12(2)7-8-22-16)20-15-11-21(10-13(15)3)14-5-6-14/h7-8,13-15H,4-6,9-11H2,1-3H3,(H2,18,19,20). The third kappa shape index (κ3) is 3.82. The van der Waals surface area contributed by atoms with E-state index >= 15 is 0 Å². The highest BCUT2D eigenvalue weighted by molar-refractivity contribution is 7.10. The molecule has 1 aliphatic heterocycles. The van der Waals surface area contributed by atoms with Gasteiger partial charge in [-0.2, -0.15) is 0 Å².